The molecule has 2 aromatic carbocycles. The van der Waals surface area contributed by atoms with E-state index in [1.165, 1.54) is 18.0 Å². The largest absolute Gasteiger partial charge is 0.341 e. The highest BCUT2D eigenvalue weighted by molar-refractivity contribution is 5.95. The van der Waals surface area contributed by atoms with Crippen LogP contribution in [-0.4, -0.2) is 58.4 Å². The first-order valence-corrected chi connectivity index (χ1v) is 10.4. The van der Waals surface area contributed by atoms with Crippen LogP contribution in [0.25, 0.3) is 11.5 Å². The standard InChI is InChI=1S/C23H22F2N4O3/c1-28(23(31)20-17(24)5-4-6-18(20)25)14-11-19-26-21(32-27-19)15-7-9-16(10-8-15)22(30)29-12-2-3-13-29/h4-10H,2-3,11-14H2,1H3. The smallest absolute Gasteiger partial charge is 0.259 e. The van der Waals surface area contributed by atoms with Crippen molar-refractivity contribution in [3.05, 3.63) is 71.1 Å². The number of carbonyl (C=O) groups excluding carboxylic acids is 2. The second-order valence-electron chi connectivity index (χ2n) is 7.67. The number of nitrogens with zero attached hydrogens (tertiary/aromatic N) is 4. The van der Waals surface area contributed by atoms with E-state index in [-0.39, 0.29) is 24.8 Å². The summed E-state index contributed by atoms with van der Waals surface area (Å²) < 4.78 is 32.9. The van der Waals surface area contributed by atoms with Crippen molar-refractivity contribution in [2.24, 2.45) is 0 Å². The van der Waals surface area contributed by atoms with Gasteiger partial charge in [0, 0.05) is 44.2 Å². The summed E-state index contributed by atoms with van der Waals surface area (Å²) in [5.41, 5.74) is 0.683. The van der Waals surface area contributed by atoms with Gasteiger partial charge in [0.1, 0.15) is 17.2 Å². The zero-order valence-electron chi connectivity index (χ0n) is 17.6. The first-order valence-electron chi connectivity index (χ1n) is 10.4. The minimum absolute atomic E-state index is 0.0132. The van der Waals surface area contributed by atoms with E-state index in [2.05, 4.69) is 10.1 Å². The quantitative estimate of drug-likeness (QED) is 0.586. The third-order valence-electron chi connectivity index (χ3n) is 5.43. The molecule has 1 aliphatic rings. The van der Waals surface area contributed by atoms with Crippen LogP contribution in [0, 0.1) is 11.6 Å². The maximum atomic E-state index is 13.8. The molecule has 2 heterocycles. The van der Waals surface area contributed by atoms with Gasteiger partial charge in [-0.05, 0) is 49.2 Å². The molecule has 0 saturated carbocycles. The highest BCUT2D eigenvalue weighted by Gasteiger charge is 2.22. The van der Waals surface area contributed by atoms with Gasteiger partial charge in [0.15, 0.2) is 5.82 Å². The minimum atomic E-state index is -0.907. The summed E-state index contributed by atoms with van der Waals surface area (Å²) in [6.07, 6.45) is 2.31. The zero-order valence-corrected chi connectivity index (χ0v) is 17.6. The summed E-state index contributed by atoms with van der Waals surface area (Å²) in [5.74, 6) is -1.92. The molecule has 1 aliphatic heterocycles. The van der Waals surface area contributed by atoms with E-state index in [9.17, 15) is 18.4 Å². The monoisotopic (exact) mass is 440 g/mol. The Morgan fingerprint density at radius 3 is 2.38 bits per heavy atom. The van der Waals surface area contributed by atoms with Crippen LogP contribution in [0.15, 0.2) is 47.0 Å². The second kappa shape index (κ2) is 9.25. The average Bonchev–Trinajstić information content (AvgIpc) is 3.49. The summed E-state index contributed by atoms with van der Waals surface area (Å²) >= 11 is 0. The highest BCUT2D eigenvalue weighted by Crippen LogP contribution is 2.20. The fourth-order valence-corrected chi connectivity index (χ4v) is 3.59. The predicted octanol–water partition coefficient (Wildman–Crippen LogP) is 3.57. The van der Waals surface area contributed by atoms with Crippen molar-refractivity contribution in [1.82, 2.24) is 19.9 Å². The molecular formula is C23H22F2N4O3. The number of likely N-dealkylation sites (N-methyl/N-ethyl adjacent to an activating group) is 1. The van der Waals surface area contributed by atoms with Crippen LogP contribution in [0.5, 0.6) is 0 Å². The molecule has 1 aromatic heterocycles. The Labute approximate surface area is 183 Å². The first kappa shape index (κ1) is 21.6. The summed E-state index contributed by atoms with van der Waals surface area (Å²) in [5, 5.41) is 3.90. The lowest BCUT2D eigenvalue weighted by molar-refractivity contribution is 0.0781. The fraction of sp³-hybridized carbons (Fsp3) is 0.304. The molecule has 0 spiro atoms. The molecule has 1 fully saturated rings. The van der Waals surface area contributed by atoms with Gasteiger partial charge in [-0.3, -0.25) is 9.59 Å². The van der Waals surface area contributed by atoms with Crippen LogP contribution in [0.4, 0.5) is 8.78 Å². The fourth-order valence-electron chi connectivity index (χ4n) is 3.59. The van der Waals surface area contributed by atoms with Crippen LogP contribution < -0.4 is 0 Å². The Kier molecular flexibility index (Phi) is 6.25. The topological polar surface area (TPSA) is 79.5 Å². The van der Waals surface area contributed by atoms with E-state index in [1.54, 1.807) is 24.3 Å². The molecular weight excluding hydrogens is 418 g/mol. The summed E-state index contributed by atoms with van der Waals surface area (Å²) in [4.78, 5) is 32.2. The number of amides is 2. The Morgan fingerprint density at radius 2 is 1.72 bits per heavy atom. The summed E-state index contributed by atoms with van der Waals surface area (Å²) in [6, 6.07) is 10.2. The van der Waals surface area contributed by atoms with E-state index in [1.807, 2.05) is 4.90 Å². The van der Waals surface area contributed by atoms with Gasteiger partial charge in [0.2, 0.25) is 0 Å². The van der Waals surface area contributed by atoms with Crippen molar-refractivity contribution < 1.29 is 22.9 Å². The molecule has 7 nitrogen and oxygen atoms in total. The van der Waals surface area contributed by atoms with Crippen molar-refractivity contribution in [2.45, 2.75) is 19.3 Å². The Morgan fingerprint density at radius 1 is 1.06 bits per heavy atom. The van der Waals surface area contributed by atoms with Crippen molar-refractivity contribution in [3.8, 4) is 11.5 Å². The molecule has 9 heteroatoms. The van der Waals surface area contributed by atoms with Crippen molar-refractivity contribution >= 4 is 11.8 Å². The lowest BCUT2D eigenvalue weighted by atomic mass is 10.1. The number of aromatic nitrogens is 2. The molecule has 0 unspecified atom stereocenters. The molecule has 0 N–H and O–H groups in total. The van der Waals surface area contributed by atoms with Gasteiger partial charge < -0.3 is 14.3 Å². The molecule has 2 amide bonds. The normalized spacial score (nSPS) is 13.4. The summed E-state index contributed by atoms with van der Waals surface area (Å²) in [6.45, 7) is 1.72. The van der Waals surface area contributed by atoms with Crippen molar-refractivity contribution in [2.75, 3.05) is 26.7 Å². The van der Waals surface area contributed by atoms with Gasteiger partial charge in [0.25, 0.3) is 17.7 Å². The molecule has 3 aromatic rings. The first-order chi connectivity index (χ1) is 15.4. The van der Waals surface area contributed by atoms with Crippen LogP contribution >= 0.6 is 0 Å². The number of carbonyl (C=O) groups is 2. The molecule has 0 atom stereocenters. The predicted molar refractivity (Wildman–Crippen MR) is 112 cm³/mol. The SMILES string of the molecule is CN(CCc1noc(-c2ccc(C(=O)N3CCCC3)cc2)n1)C(=O)c1c(F)cccc1F. The number of hydrogen-bond acceptors (Lipinski definition) is 5. The van der Waals surface area contributed by atoms with E-state index < -0.39 is 23.1 Å². The van der Waals surface area contributed by atoms with Crippen molar-refractivity contribution in [1.29, 1.82) is 0 Å². The maximum Gasteiger partial charge on any atom is 0.259 e. The van der Waals surface area contributed by atoms with Crippen molar-refractivity contribution in [3.63, 3.8) is 0 Å². The average molecular weight is 440 g/mol. The molecule has 1 saturated heterocycles. The highest BCUT2D eigenvalue weighted by atomic mass is 19.1. The Hall–Kier alpha value is -3.62. The van der Waals surface area contributed by atoms with Crippen LogP contribution in [-0.2, 0) is 6.42 Å². The van der Waals surface area contributed by atoms with Gasteiger partial charge >= 0.3 is 0 Å². The Balaban J connectivity index is 1.37. The molecule has 4 rings (SSSR count). The van der Waals surface area contributed by atoms with Crippen LogP contribution in [0.3, 0.4) is 0 Å². The van der Waals surface area contributed by atoms with Gasteiger partial charge in [-0.25, -0.2) is 8.78 Å². The second-order valence-corrected chi connectivity index (χ2v) is 7.67. The number of hydrogen-bond donors (Lipinski definition) is 0. The Bertz CT molecular complexity index is 1100. The molecule has 166 valence electrons. The number of benzene rings is 2. The van der Waals surface area contributed by atoms with Crippen LogP contribution in [0.1, 0.15) is 39.4 Å². The van der Waals surface area contributed by atoms with Gasteiger partial charge in [0.05, 0.1) is 0 Å². The van der Waals surface area contributed by atoms with E-state index in [0.717, 1.165) is 38.1 Å². The third kappa shape index (κ3) is 4.51. The van der Waals surface area contributed by atoms with Crippen LogP contribution in [0.2, 0.25) is 0 Å². The van der Waals surface area contributed by atoms with E-state index >= 15 is 0 Å². The van der Waals surface area contributed by atoms with Gasteiger partial charge in [-0.2, -0.15) is 4.98 Å². The lowest BCUT2D eigenvalue weighted by Gasteiger charge is -2.16. The number of rotatable bonds is 6. The van der Waals surface area contributed by atoms with E-state index in [0.29, 0.717) is 17.0 Å². The van der Waals surface area contributed by atoms with E-state index in [4.69, 9.17) is 4.52 Å². The molecule has 0 aliphatic carbocycles. The summed E-state index contributed by atoms with van der Waals surface area (Å²) in [7, 11) is 1.45. The zero-order chi connectivity index (χ0) is 22.7. The molecule has 0 radical (unpaired) electrons. The third-order valence-corrected chi connectivity index (χ3v) is 5.43. The lowest BCUT2D eigenvalue weighted by Crippen LogP contribution is -2.30. The molecule has 32 heavy (non-hydrogen) atoms. The number of halogens is 2. The molecule has 0 bridgehead atoms. The number of likely N-dealkylation sites (tertiary alicyclic amines) is 1. The maximum absolute atomic E-state index is 13.8. The van der Waals surface area contributed by atoms with Gasteiger partial charge in [-0.15, -0.1) is 0 Å². The van der Waals surface area contributed by atoms with Gasteiger partial charge in [-0.1, -0.05) is 11.2 Å². The minimum Gasteiger partial charge on any atom is -0.341 e.